The van der Waals surface area contributed by atoms with Crippen LogP contribution in [-0.2, 0) is 0 Å². The summed E-state index contributed by atoms with van der Waals surface area (Å²) in [7, 11) is 0. The molecule has 1 N–H and O–H groups in total. The van der Waals surface area contributed by atoms with Crippen LogP contribution in [0.15, 0.2) is 22.1 Å². The summed E-state index contributed by atoms with van der Waals surface area (Å²) < 4.78 is 1.17. The molecular weight excluding hydrogens is 296 g/mol. The maximum atomic E-state index is 4.56. The third-order valence-electron chi connectivity index (χ3n) is 3.43. The summed E-state index contributed by atoms with van der Waals surface area (Å²) in [6.45, 7) is 0. The van der Waals surface area contributed by atoms with Crippen molar-refractivity contribution in [2.75, 3.05) is 0 Å². The Labute approximate surface area is 114 Å². The highest BCUT2D eigenvalue weighted by molar-refractivity contribution is 9.11. The molecule has 0 amide bonds. The first kappa shape index (κ1) is 11.5. The highest BCUT2D eigenvalue weighted by Crippen LogP contribution is 2.34. The molecule has 4 heteroatoms. The van der Waals surface area contributed by atoms with E-state index in [1.165, 1.54) is 46.6 Å². The van der Waals surface area contributed by atoms with Gasteiger partial charge in [-0.25, -0.2) is 4.98 Å². The van der Waals surface area contributed by atoms with Crippen LogP contribution in [0, 0.1) is 0 Å². The number of aromatic nitrogens is 2. The smallest absolute Gasteiger partial charge is 0.109 e. The number of aromatic amines is 1. The van der Waals surface area contributed by atoms with Gasteiger partial charge in [0.2, 0.25) is 0 Å². The minimum Gasteiger partial charge on any atom is -0.341 e. The third-order valence-corrected chi connectivity index (χ3v) is 5.08. The van der Waals surface area contributed by atoms with Crippen LogP contribution < -0.4 is 0 Å². The van der Waals surface area contributed by atoms with Crippen LogP contribution in [0.3, 0.4) is 0 Å². The minimum atomic E-state index is 0.654. The van der Waals surface area contributed by atoms with Crippen LogP contribution in [-0.4, -0.2) is 9.97 Å². The first-order valence-electron chi connectivity index (χ1n) is 6.13. The van der Waals surface area contributed by atoms with E-state index in [-0.39, 0.29) is 0 Å². The SMILES string of the molecule is Brc1ccc(-c2cnc(C3CCCCC3)[nH]2)s1. The zero-order valence-electron chi connectivity index (χ0n) is 9.58. The van der Waals surface area contributed by atoms with Crippen LogP contribution >= 0.6 is 27.3 Å². The van der Waals surface area contributed by atoms with Crippen molar-refractivity contribution in [1.29, 1.82) is 0 Å². The summed E-state index contributed by atoms with van der Waals surface area (Å²) in [6.07, 6.45) is 8.66. The van der Waals surface area contributed by atoms with E-state index >= 15 is 0 Å². The quantitative estimate of drug-likeness (QED) is 0.835. The molecule has 0 bridgehead atoms. The van der Waals surface area contributed by atoms with Crippen molar-refractivity contribution in [1.82, 2.24) is 9.97 Å². The van der Waals surface area contributed by atoms with Crippen molar-refractivity contribution in [2.45, 2.75) is 38.0 Å². The fourth-order valence-corrected chi connectivity index (χ4v) is 3.86. The molecule has 2 aromatic heterocycles. The molecule has 2 aromatic rings. The summed E-state index contributed by atoms with van der Waals surface area (Å²) in [5.74, 6) is 1.84. The van der Waals surface area contributed by atoms with Crippen LogP contribution in [0.1, 0.15) is 43.8 Å². The van der Waals surface area contributed by atoms with Gasteiger partial charge in [-0.1, -0.05) is 19.3 Å². The Hall–Kier alpha value is -0.610. The zero-order chi connectivity index (χ0) is 11.7. The van der Waals surface area contributed by atoms with Gasteiger partial charge in [0.25, 0.3) is 0 Å². The number of H-pyrrole nitrogens is 1. The van der Waals surface area contributed by atoms with E-state index < -0.39 is 0 Å². The minimum absolute atomic E-state index is 0.654. The summed E-state index contributed by atoms with van der Waals surface area (Å²) in [4.78, 5) is 9.31. The van der Waals surface area contributed by atoms with Crippen LogP contribution in [0.4, 0.5) is 0 Å². The van der Waals surface area contributed by atoms with Gasteiger partial charge < -0.3 is 4.98 Å². The van der Waals surface area contributed by atoms with Crippen molar-refractivity contribution in [3.63, 3.8) is 0 Å². The molecule has 2 heterocycles. The second-order valence-corrected chi connectivity index (χ2v) is 7.08. The Kier molecular flexibility index (Phi) is 3.34. The van der Waals surface area contributed by atoms with Gasteiger partial charge in [0, 0.05) is 5.92 Å². The van der Waals surface area contributed by atoms with Gasteiger partial charge in [-0.2, -0.15) is 0 Å². The molecule has 90 valence electrons. The molecule has 1 fully saturated rings. The fourth-order valence-electron chi connectivity index (χ4n) is 2.50. The van der Waals surface area contributed by atoms with Gasteiger partial charge in [-0.15, -0.1) is 11.3 Å². The van der Waals surface area contributed by atoms with Crippen LogP contribution in [0.5, 0.6) is 0 Å². The van der Waals surface area contributed by atoms with E-state index in [1.54, 1.807) is 11.3 Å². The highest BCUT2D eigenvalue weighted by atomic mass is 79.9. The van der Waals surface area contributed by atoms with E-state index in [4.69, 9.17) is 0 Å². The molecule has 0 spiro atoms. The van der Waals surface area contributed by atoms with Gasteiger partial charge >= 0.3 is 0 Å². The Morgan fingerprint density at radius 2 is 2.06 bits per heavy atom. The van der Waals surface area contributed by atoms with E-state index in [2.05, 4.69) is 38.0 Å². The number of nitrogens with one attached hydrogen (secondary N) is 1. The lowest BCUT2D eigenvalue weighted by molar-refractivity contribution is 0.431. The fraction of sp³-hybridized carbons (Fsp3) is 0.462. The molecule has 1 aliphatic rings. The summed E-state index contributed by atoms with van der Waals surface area (Å²) in [5, 5.41) is 0. The van der Waals surface area contributed by atoms with Gasteiger partial charge in [0.15, 0.2) is 0 Å². The monoisotopic (exact) mass is 310 g/mol. The van der Waals surface area contributed by atoms with Crippen LogP contribution in [0.25, 0.3) is 10.6 Å². The van der Waals surface area contributed by atoms with Crippen molar-refractivity contribution in [3.8, 4) is 10.6 Å². The number of hydrogen-bond donors (Lipinski definition) is 1. The number of thiophene rings is 1. The maximum absolute atomic E-state index is 4.56. The van der Waals surface area contributed by atoms with Crippen molar-refractivity contribution in [3.05, 3.63) is 27.9 Å². The molecule has 1 aliphatic carbocycles. The molecule has 0 aliphatic heterocycles. The lowest BCUT2D eigenvalue weighted by atomic mass is 9.89. The number of nitrogens with zero attached hydrogens (tertiary/aromatic N) is 1. The molecular formula is C13H15BrN2S. The normalized spacial score (nSPS) is 17.5. The zero-order valence-corrected chi connectivity index (χ0v) is 12.0. The Morgan fingerprint density at radius 3 is 2.76 bits per heavy atom. The number of imidazole rings is 1. The van der Waals surface area contributed by atoms with E-state index in [1.807, 2.05) is 6.20 Å². The average molecular weight is 311 g/mol. The van der Waals surface area contributed by atoms with Crippen LogP contribution in [0.2, 0.25) is 0 Å². The Bertz CT molecular complexity index is 497. The lowest BCUT2D eigenvalue weighted by Crippen LogP contribution is -2.05. The molecule has 1 saturated carbocycles. The Morgan fingerprint density at radius 1 is 1.24 bits per heavy atom. The van der Waals surface area contributed by atoms with Gasteiger partial charge in [-0.05, 0) is 40.9 Å². The molecule has 0 unspecified atom stereocenters. The first-order valence-corrected chi connectivity index (χ1v) is 7.74. The van der Waals surface area contributed by atoms with Gasteiger partial charge in [0.1, 0.15) is 5.82 Å². The van der Waals surface area contributed by atoms with E-state index in [9.17, 15) is 0 Å². The number of halogens is 1. The second kappa shape index (κ2) is 4.94. The predicted octanol–water partition coefficient (Wildman–Crippen LogP) is 4.95. The standard InChI is InChI=1S/C13H15BrN2S/c14-12-7-6-11(17-12)10-8-15-13(16-10)9-4-2-1-3-5-9/h6-9H,1-5H2,(H,15,16). The molecule has 3 rings (SSSR count). The average Bonchev–Trinajstić information content (AvgIpc) is 2.98. The predicted molar refractivity (Wildman–Crippen MR) is 75.4 cm³/mol. The van der Waals surface area contributed by atoms with Gasteiger partial charge in [0.05, 0.1) is 20.6 Å². The van der Waals surface area contributed by atoms with Crippen molar-refractivity contribution >= 4 is 27.3 Å². The third kappa shape index (κ3) is 2.47. The molecule has 17 heavy (non-hydrogen) atoms. The number of rotatable bonds is 2. The molecule has 2 nitrogen and oxygen atoms in total. The summed E-state index contributed by atoms with van der Waals surface area (Å²) in [5.41, 5.74) is 1.15. The van der Waals surface area contributed by atoms with Gasteiger partial charge in [-0.3, -0.25) is 0 Å². The molecule has 0 saturated heterocycles. The molecule has 0 radical (unpaired) electrons. The second-order valence-electron chi connectivity index (χ2n) is 4.62. The largest absolute Gasteiger partial charge is 0.341 e. The molecule has 0 atom stereocenters. The summed E-state index contributed by atoms with van der Waals surface area (Å²) in [6, 6.07) is 4.22. The Balaban J connectivity index is 1.82. The highest BCUT2D eigenvalue weighted by Gasteiger charge is 2.18. The van der Waals surface area contributed by atoms with Crippen molar-refractivity contribution < 1.29 is 0 Å². The van der Waals surface area contributed by atoms with Crippen molar-refractivity contribution in [2.24, 2.45) is 0 Å². The topological polar surface area (TPSA) is 28.7 Å². The number of hydrogen-bond acceptors (Lipinski definition) is 2. The summed E-state index contributed by atoms with van der Waals surface area (Å²) >= 11 is 5.24. The maximum Gasteiger partial charge on any atom is 0.109 e. The molecule has 0 aromatic carbocycles. The first-order chi connectivity index (χ1) is 8.33. The lowest BCUT2D eigenvalue weighted by Gasteiger charge is -2.19. The van der Waals surface area contributed by atoms with E-state index in [0.717, 1.165) is 5.69 Å². The van der Waals surface area contributed by atoms with E-state index in [0.29, 0.717) is 5.92 Å².